The number of nitrogens with zero attached hydrogens (tertiary/aromatic N) is 3. The number of nitrogens with one attached hydrogen (secondary N) is 1. The van der Waals surface area contributed by atoms with E-state index in [2.05, 4.69) is 67.8 Å². The van der Waals surface area contributed by atoms with E-state index in [-0.39, 0.29) is 24.1 Å². The maximum atomic E-state index is 13.8. The maximum Gasteiger partial charge on any atom is 0.291 e. The lowest BCUT2D eigenvalue weighted by Gasteiger charge is -2.34. The lowest BCUT2D eigenvalue weighted by Crippen LogP contribution is -2.45. The number of benzene rings is 2. The molecule has 0 spiro atoms. The second-order valence-corrected chi connectivity index (χ2v) is 10.8. The molecule has 2 aromatic heterocycles. The van der Waals surface area contributed by atoms with Gasteiger partial charge in [-0.15, -0.1) is 0 Å². The van der Waals surface area contributed by atoms with E-state index in [1.165, 1.54) is 33.4 Å². The van der Waals surface area contributed by atoms with Gasteiger partial charge >= 0.3 is 0 Å². The number of aryl methyl sites for hydroxylation is 3. The number of hydrogen-bond donors (Lipinski definition) is 1. The van der Waals surface area contributed by atoms with Crippen LogP contribution in [0.5, 0.6) is 0 Å². The van der Waals surface area contributed by atoms with Crippen LogP contribution in [0.2, 0.25) is 0 Å². The summed E-state index contributed by atoms with van der Waals surface area (Å²) >= 11 is 0. The predicted molar refractivity (Wildman–Crippen MR) is 145 cm³/mol. The standard InChI is InChI=1S/C30H36N4O2/c1-18-13-20(3)25(21(4)14-18)16-33-27-12-7-6-10-23(27)24-15-31-34(30(36)29(24)33)17-28(35)32-26-11-8-9-19(2)22(26)5/h6-7,10,12-15,19,22,26H,8-9,11,16-17H2,1-5H3,(H,32,35)/t19-,22+,26-/m1/s1. The number of fused-ring (bicyclic) bond motifs is 3. The van der Waals surface area contributed by atoms with Crippen molar-refractivity contribution in [3.63, 3.8) is 0 Å². The van der Waals surface area contributed by atoms with E-state index in [0.29, 0.717) is 23.9 Å². The van der Waals surface area contributed by atoms with Crippen molar-refractivity contribution in [2.45, 2.75) is 73.0 Å². The molecule has 1 amide bonds. The van der Waals surface area contributed by atoms with Crippen molar-refractivity contribution in [3.05, 3.63) is 75.2 Å². The second kappa shape index (κ2) is 9.57. The van der Waals surface area contributed by atoms with E-state index in [9.17, 15) is 9.59 Å². The third-order valence-electron chi connectivity index (χ3n) is 8.28. The van der Waals surface area contributed by atoms with Crippen molar-refractivity contribution in [3.8, 4) is 0 Å². The Morgan fingerprint density at radius 3 is 2.53 bits per heavy atom. The average molecular weight is 485 g/mol. The summed E-state index contributed by atoms with van der Waals surface area (Å²) in [4.78, 5) is 26.7. The summed E-state index contributed by atoms with van der Waals surface area (Å²) in [5.74, 6) is 0.867. The van der Waals surface area contributed by atoms with Crippen molar-refractivity contribution in [1.82, 2.24) is 19.7 Å². The molecule has 5 rings (SSSR count). The van der Waals surface area contributed by atoms with Gasteiger partial charge in [-0.3, -0.25) is 9.59 Å². The number of carbonyl (C=O) groups excluding carboxylic acids is 1. The zero-order chi connectivity index (χ0) is 25.6. The highest BCUT2D eigenvalue weighted by Gasteiger charge is 2.28. The first-order valence-corrected chi connectivity index (χ1v) is 13.1. The maximum absolute atomic E-state index is 13.8. The Labute approximate surface area is 212 Å². The van der Waals surface area contributed by atoms with Crippen LogP contribution in [-0.2, 0) is 17.9 Å². The summed E-state index contributed by atoms with van der Waals surface area (Å²) in [5.41, 5.74) is 6.23. The van der Waals surface area contributed by atoms with E-state index in [1.807, 2.05) is 18.2 Å². The van der Waals surface area contributed by atoms with Gasteiger partial charge in [0.25, 0.3) is 5.56 Å². The first kappa shape index (κ1) is 24.3. The molecular formula is C30H36N4O2. The highest BCUT2D eigenvalue weighted by molar-refractivity contribution is 6.07. The van der Waals surface area contributed by atoms with E-state index < -0.39 is 0 Å². The first-order chi connectivity index (χ1) is 17.2. The van der Waals surface area contributed by atoms with Crippen molar-refractivity contribution in [2.75, 3.05) is 0 Å². The Morgan fingerprint density at radius 2 is 1.78 bits per heavy atom. The van der Waals surface area contributed by atoms with Crippen LogP contribution in [0.4, 0.5) is 0 Å². The molecule has 3 atom stereocenters. The minimum atomic E-state index is -0.230. The van der Waals surface area contributed by atoms with Gasteiger partial charge in [0, 0.05) is 28.9 Å². The van der Waals surface area contributed by atoms with E-state index in [1.54, 1.807) is 6.20 Å². The lowest BCUT2D eigenvalue weighted by atomic mass is 9.78. The number of rotatable bonds is 5. The van der Waals surface area contributed by atoms with Gasteiger partial charge < -0.3 is 9.88 Å². The quantitative estimate of drug-likeness (QED) is 0.420. The van der Waals surface area contributed by atoms with E-state index in [4.69, 9.17) is 0 Å². The van der Waals surface area contributed by atoms with Gasteiger partial charge in [-0.25, -0.2) is 4.68 Å². The molecule has 0 saturated heterocycles. The second-order valence-electron chi connectivity index (χ2n) is 10.8. The molecule has 0 aliphatic heterocycles. The number of carbonyl (C=O) groups is 1. The molecule has 0 unspecified atom stereocenters. The zero-order valence-corrected chi connectivity index (χ0v) is 22.0. The van der Waals surface area contributed by atoms with Gasteiger partial charge in [0.15, 0.2) is 0 Å². The minimum absolute atomic E-state index is 0.0729. The van der Waals surface area contributed by atoms with Crippen LogP contribution in [0, 0.1) is 32.6 Å². The predicted octanol–water partition coefficient (Wildman–Crippen LogP) is 5.27. The minimum Gasteiger partial charge on any atom is -0.351 e. The molecule has 1 N–H and O–H groups in total. The van der Waals surface area contributed by atoms with Gasteiger partial charge in [-0.2, -0.15) is 5.10 Å². The highest BCUT2D eigenvalue weighted by atomic mass is 16.2. The molecule has 4 aromatic rings. The van der Waals surface area contributed by atoms with Gasteiger partial charge in [-0.05, 0) is 61.8 Å². The number of aromatic nitrogens is 3. The molecule has 1 saturated carbocycles. The smallest absolute Gasteiger partial charge is 0.291 e. The molecule has 188 valence electrons. The van der Waals surface area contributed by atoms with Crippen LogP contribution in [0.3, 0.4) is 0 Å². The monoisotopic (exact) mass is 484 g/mol. The topological polar surface area (TPSA) is 68.9 Å². The van der Waals surface area contributed by atoms with Gasteiger partial charge in [0.2, 0.25) is 5.91 Å². The Morgan fingerprint density at radius 1 is 1.06 bits per heavy atom. The summed E-state index contributed by atoms with van der Waals surface area (Å²) in [5, 5.41) is 9.42. The summed E-state index contributed by atoms with van der Waals surface area (Å²) in [6.45, 7) is 11.3. The Kier molecular flexibility index (Phi) is 6.45. The molecule has 2 heterocycles. The van der Waals surface area contributed by atoms with Crippen molar-refractivity contribution in [1.29, 1.82) is 0 Å². The fourth-order valence-electron chi connectivity index (χ4n) is 6.06. The Balaban J connectivity index is 1.54. The third kappa shape index (κ3) is 4.34. The van der Waals surface area contributed by atoms with Crippen LogP contribution in [0.1, 0.15) is 55.4 Å². The van der Waals surface area contributed by atoms with Gasteiger partial charge in [0.1, 0.15) is 12.1 Å². The average Bonchev–Trinajstić information content (AvgIpc) is 3.15. The number of para-hydroxylation sites is 1. The highest BCUT2D eigenvalue weighted by Crippen LogP contribution is 2.30. The third-order valence-corrected chi connectivity index (χ3v) is 8.28. The summed E-state index contributed by atoms with van der Waals surface area (Å²) in [6, 6.07) is 12.6. The first-order valence-electron chi connectivity index (χ1n) is 13.1. The van der Waals surface area contributed by atoms with E-state index in [0.717, 1.165) is 29.1 Å². The molecule has 2 aromatic carbocycles. The van der Waals surface area contributed by atoms with Crippen LogP contribution in [0.25, 0.3) is 21.8 Å². The largest absolute Gasteiger partial charge is 0.351 e. The number of amides is 1. The summed E-state index contributed by atoms with van der Waals surface area (Å²) < 4.78 is 3.41. The van der Waals surface area contributed by atoms with E-state index >= 15 is 0 Å². The van der Waals surface area contributed by atoms with Gasteiger partial charge in [0.05, 0.1) is 6.20 Å². The molecule has 6 nitrogen and oxygen atoms in total. The molecular weight excluding hydrogens is 448 g/mol. The molecule has 6 heteroatoms. The fraction of sp³-hybridized carbons (Fsp3) is 0.433. The lowest BCUT2D eigenvalue weighted by molar-refractivity contribution is -0.123. The Bertz CT molecular complexity index is 1490. The number of hydrogen-bond acceptors (Lipinski definition) is 3. The van der Waals surface area contributed by atoms with Gasteiger partial charge in [-0.1, -0.05) is 62.6 Å². The molecule has 1 aliphatic rings. The van der Waals surface area contributed by atoms with Crippen LogP contribution < -0.4 is 10.9 Å². The van der Waals surface area contributed by atoms with Crippen LogP contribution >= 0.6 is 0 Å². The van der Waals surface area contributed by atoms with Crippen molar-refractivity contribution in [2.24, 2.45) is 11.8 Å². The summed E-state index contributed by atoms with van der Waals surface area (Å²) in [7, 11) is 0. The fourth-order valence-corrected chi connectivity index (χ4v) is 6.06. The zero-order valence-electron chi connectivity index (χ0n) is 22.0. The van der Waals surface area contributed by atoms with Crippen molar-refractivity contribution >= 4 is 27.7 Å². The summed E-state index contributed by atoms with van der Waals surface area (Å²) in [6.07, 6.45) is 5.05. The molecule has 36 heavy (non-hydrogen) atoms. The molecule has 1 aliphatic carbocycles. The molecule has 0 radical (unpaired) electrons. The SMILES string of the molecule is Cc1cc(C)c(Cn2c3ccccc3c3cnn(CC(=O)N[C@@H]4CCC[C@@H](C)[C@@H]4C)c(=O)c32)c(C)c1. The van der Waals surface area contributed by atoms with Crippen molar-refractivity contribution < 1.29 is 4.79 Å². The van der Waals surface area contributed by atoms with Crippen LogP contribution in [-0.4, -0.2) is 26.3 Å². The molecule has 1 fully saturated rings. The Hall–Kier alpha value is -3.41. The molecule has 0 bridgehead atoms. The van der Waals surface area contributed by atoms with Crippen LogP contribution in [0.15, 0.2) is 47.4 Å². The normalized spacial score (nSPS) is 20.2.